The molecule has 2 aromatic rings. The summed E-state index contributed by atoms with van der Waals surface area (Å²) < 4.78 is 44.0. The van der Waals surface area contributed by atoms with Crippen LogP contribution in [0.15, 0.2) is 36.4 Å². The van der Waals surface area contributed by atoms with E-state index in [0.717, 1.165) is 22.3 Å². The second-order valence-corrected chi connectivity index (χ2v) is 7.89. The number of nitrogens with zero attached hydrogens (tertiary/aromatic N) is 2. The van der Waals surface area contributed by atoms with Gasteiger partial charge in [0.15, 0.2) is 0 Å². The van der Waals surface area contributed by atoms with E-state index >= 15 is 0 Å². The van der Waals surface area contributed by atoms with Gasteiger partial charge in [-0.05, 0) is 57.9 Å². The van der Waals surface area contributed by atoms with E-state index in [1.807, 2.05) is 45.0 Å². The Morgan fingerprint density at radius 1 is 1.00 bits per heavy atom. The molecule has 0 aromatic heterocycles. The van der Waals surface area contributed by atoms with Gasteiger partial charge >= 0.3 is 12.1 Å². The van der Waals surface area contributed by atoms with Gasteiger partial charge in [-0.3, -0.25) is 10.3 Å². The molecule has 1 fully saturated rings. The van der Waals surface area contributed by atoms with Gasteiger partial charge in [-0.25, -0.2) is 4.79 Å². The van der Waals surface area contributed by atoms with Crippen LogP contribution in [0.25, 0.3) is 0 Å². The lowest BCUT2D eigenvalue weighted by atomic mass is 10.1. The number of anilines is 2. The highest BCUT2D eigenvalue weighted by Gasteiger charge is 2.53. The van der Waals surface area contributed by atoms with Crippen LogP contribution in [0, 0.1) is 33.1 Å². The first-order valence-corrected chi connectivity index (χ1v) is 9.44. The molecule has 0 saturated carbocycles. The lowest BCUT2D eigenvalue weighted by Crippen LogP contribution is -2.51. The number of halogens is 3. The molecule has 1 unspecified atom stereocenters. The third-order valence-corrected chi connectivity index (χ3v) is 5.17. The zero-order valence-corrected chi connectivity index (χ0v) is 17.5. The standard InChI is InChI=1S/C22H24F3N3O2/c1-13-6-8-17(15(3)10-13)27-12-21(5,30-19(29)22(23,24)25)28(20(27)26)18-9-7-14(2)11-16(18)4/h6-11,26H,12H2,1-5H3. The topological polar surface area (TPSA) is 56.6 Å². The summed E-state index contributed by atoms with van der Waals surface area (Å²) in [5.41, 5.74) is 3.09. The highest BCUT2D eigenvalue weighted by Crippen LogP contribution is 2.39. The minimum Gasteiger partial charge on any atom is -0.430 e. The number of rotatable bonds is 3. The van der Waals surface area contributed by atoms with Crippen molar-refractivity contribution in [3.63, 3.8) is 0 Å². The smallest absolute Gasteiger partial charge is 0.430 e. The Morgan fingerprint density at radius 2 is 1.50 bits per heavy atom. The Bertz CT molecular complexity index is 1020. The molecule has 0 radical (unpaired) electrons. The van der Waals surface area contributed by atoms with E-state index in [0.29, 0.717) is 11.4 Å². The zero-order chi connectivity index (χ0) is 22.4. The van der Waals surface area contributed by atoms with Crippen LogP contribution in [0.2, 0.25) is 0 Å². The first kappa shape index (κ1) is 21.7. The van der Waals surface area contributed by atoms with Crippen LogP contribution >= 0.6 is 0 Å². The van der Waals surface area contributed by atoms with Crippen molar-refractivity contribution >= 4 is 23.3 Å². The number of carbonyl (C=O) groups is 1. The van der Waals surface area contributed by atoms with Crippen molar-refractivity contribution in [3.8, 4) is 0 Å². The van der Waals surface area contributed by atoms with Crippen molar-refractivity contribution < 1.29 is 22.7 Å². The second-order valence-electron chi connectivity index (χ2n) is 7.89. The Kier molecular flexibility index (Phi) is 5.30. The monoisotopic (exact) mass is 419 g/mol. The fraction of sp³-hybridized carbons (Fsp3) is 0.364. The summed E-state index contributed by atoms with van der Waals surface area (Å²) >= 11 is 0. The maximum Gasteiger partial charge on any atom is 0.491 e. The van der Waals surface area contributed by atoms with E-state index in [1.54, 1.807) is 24.0 Å². The molecular formula is C22H24F3N3O2. The predicted molar refractivity (Wildman–Crippen MR) is 110 cm³/mol. The van der Waals surface area contributed by atoms with Gasteiger partial charge in [0.05, 0.1) is 12.2 Å². The molecule has 5 nitrogen and oxygen atoms in total. The predicted octanol–water partition coefficient (Wildman–Crippen LogP) is 5.00. The summed E-state index contributed by atoms with van der Waals surface area (Å²) in [5, 5.41) is 8.77. The average Bonchev–Trinajstić information content (AvgIpc) is 2.85. The Hall–Kier alpha value is -3.03. The Labute approximate surface area is 173 Å². The van der Waals surface area contributed by atoms with E-state index in [4.69, 9.17) is 10.1 Å². The molecule has 1 aliphatic rings. The fourth-order valence-electron chi connectivity index (χ4n) is 3.85. The number of hydrogen-bond acceptors (Lipinski definition) is 3. The number of aryl methyl sites for hydroxylation is 4. The van der Waals surface area contributed by atoms with Gasteiger partial charge in [0.2, 0.25) is 11.7 Å². The third kappa shape index (κ3) is 3.86. The first-order chi connectivity index (χ1) is 13.8. The van der Waals surface area contributed by atoms with Crippen molar-refractivity contribution in [3.05, 3.63) is 58.7 Å². The maximum absolute atomic E-state index is 13.0. The second kappa shape index (κ2) is 7.34. The molecule has 0 amide bonds. The van der Waals surface area contributed by atoms with Crippen molar-refractivity contribution in [2.45, 2.75) is 46.5 Å². The van der Waals surface area contributed by atoms with Crippen molar-refractivity contribution in [1.29, 1.82) is 5.41 Å². The number of guanidine groups is 1. The minimum atomic E-state index is -5.13. The van der Waals surface area contributed by atoms with Gasteiger partial charge in [-0.2, -0.15) is 13.2 Å². The molecule has 0 spiro atoms. The summed E-state index contributed by atoms with van der Waals surface area (Å²) in [4.78, 5) is 14.7. The number of esters is 1. The molecule has 1 heterocycles. The normalized spacial score (nSPS) is 19.4. The molecular weight excluding hydrogens is 395 g/mol. The Morgan fingerprint density at radius 3 is 1.97 bits per heavy atom. The van der Waals surface area contributed by atoms with Gasteiger partial charge in [0, 0.05) is 5.69 Å². The van der Waals surface area contributed by atoms with Gasteiger partial charge in [-0.15, -0.1) is 0 Å². The summed E-state index contributed by atoms with van der Waals surface area (Å²) in [6, 6.07) is 11.0. The van der Waals surface area contributed by atoms with Crippen LogP contribution in [0.4, 0.5) is 24.5 Å². The van der Waals surface area contributed by atoms with Crippen LogP contribution < -0.4 is 9.80 Å². The molecule has 1 aliphatic heterocycles. The molecule has 2 aromatic carbocycles. The number of alkyl halides is 3. The minimum absolute atomic E-state index is 0.0635. The number of nitrogens with one attached hydrogen (secondary N) is 1. The molecule has 0 bridgehead atoms. The van der Waals surface area contributed by atoms with Crippen molar-refractivity contribution in [2.75, 3.05) is 16.3 Å². The summed E-state index contributed by atoms with van der Waals surface area (Å²) in [7, 11) is 0. The van der Waals surface area contributed by atoms with Crippen LogP contribution in [0.1, 0.15) is 29.2 Å². The van der Waals surface area contributed by atoms with Crippen LogP contribution in [0.5, 0.6) is 0 Å². The van der Waals surface area contributed by atoms with Crippen LogP contribution in [-0.2, 0) is 9.53 Å². The van der Waals surface area contributed by atoms with E-state index in [9.17, 15) is 18.0 Å². The number of hydrogen-bond donors (Lipinski definition) is 1. The van der Waals surface area contributed by atoms with Crippen LogP contribution in [0.3, 0.4) is 0 Å². The van der Waals surface area contributed by atoms with E-state index in [2.05, 4.69) is 0 Å². The van der Waals surface area contributed by atoms with Gasteiger partial charge < -0.3 is 9.64 Å². The highest BCUT2D eigenvalue weighted by molar-refractivity contribution is 6.10. The number of carbonyl (C=O) groups excluding carboxylic acids is 1. The molecule has 160 valence electrons. The van der Waals surface area contributed by atoms with E-state index < -0.39 is 17.9 Å². The fourth-order valence-corrected chi connectivity index (χ4v) is 3.85. The lowest BCUT2D eigenvalue weighted by Gasteiger charge is -2.34. The molecule has 30 heavy (non-hydrogen) atoms. The quantitative estimate of drug-likeness (QED) is 0.711. The molecule has 1 saturated heterocycles. The number of benzene rings is 2. The molecule has 1 N–H and O–H groups in total. The molecule has 8 heteroatoms. The zero-order valence-electron chi connectivity index (χ0n) is 17.5. The maximum atomic E-state index is 13.0. The average molecular weight is 419 g/mol. The van der Waals surface area contributed by atoms with Crippen LogP contribution in [-0.4, -0.2) is 30.4 Å². The van der Waals surface area contributed by atoms with E-state index in [1.165, 1.54) is 11.8 Å². The van der Waals surface area contributed by atoms with Crippen molar-refractivity contribution in [1.82, 2.24) is 0 Å². The van der Waals surface area contributed by atoms with Gasteiger partial charge in [-0.1, -0.05) is 35.4 Å². The third-order valence-electron chi connectivity index (χ3n) is 5.17. The van der Waals surface area contributed by atoms with Gasteiger partial charge in [0.1, 0.15) is 0 Å². The SMILES string of the molecule is Cc1ccc(N2CC(C)(OC(=O)C(F)(F)F)N(c3ccc(C)cc3C)C2=N)c(C)c1. The van der Waals surface area contributed by atoms with Crippen molar-refractivity contribution in [2.24, 2.45) is 0 Å². The molecule has 1 atom stereocenters. The molecule has 3 rings (SSSR count). The largest absolute Gasteiger partial charge is 0.491 e. The highest BCUT2D eigenvalue weighted by atomic mass is 19.4. The van der Waals surface area contributed by atoms with E-state index in [-0.39, 0.29) is 12.5 Å². The summed E-state index contributed by atoms with van der Waals surface area (Å²) in [5.74, 6) is -2.35. The van der Waals surface area contributed by atoms with Gasteiger partial charge in [0.25, 0.3) is 0 Å². The Balaban J connectivity index is 2.12. The molecule has 0 aliphatic carbocycles. The first-order valence-electron chi connectivity index (χ1n) is 9.44. The summed E-state index contributed by atoms with van der Waals surface area (Å²) in [6.07, 6.45) is -5.13. The lowest BCUT2D eigenvalue weighted by molar-refractivity contribution is -0.210. The summed E-state index contributed by atoms with van der Waals surface area (Å²) in [6.45, 7) is 8.79. The number of ether oxygens (including phenoxy) is 1.